The van der Waals surface area contributed by atoms with Gasteiger partial charge in [-0.2, -0.15) is 5.26 Å². The van der Waals surface area contributed by atoms with Crippen LogP contribution in [0.25, 0.3) is 0 Å². The normalized spacial score (nSPS) is 19.9. The van der Waals surface area contributed by atoms with Crippen molar-refractivity contribution in [2.45, 2.75) is 186 Å². The summed E-state index contributed by atoms with van der Waals surface area (Å²) in [7, 11) is 0. The van der Waals surface area contributed by atoms with E-state index in [1.54, 1.807) is 24.3 Å². The number of esters is 2. The molecule has 4 fully saturated rings. The summed E-state index contributed by atoms with van der Waals surface area (Å²) >= 11 is 6.17. The number of imide groups is 2. The SMILES string of the molecule is CC(C)(C)OC(=O)CCCCCCCCCCCCCCC(=O)OCN1C(=O)CCC(N2C(=O)c3cc(F)c(N4CCN(CC5CCN(c6ccc(C(=O)NC7CCC(Oc8ccc(C#N)c(Cl)c8)CC7)nn6)CC5)CC4)cc3C2=O)C1=O. The highest BCUT2D eigenvalue weighted by atomic mass is 35.5. The summed E-state index contributed by atoms with van der Waals surface area (Å²) in [6.07, 6.45) is 17.6. The number of hydrogen-bond donors (Lipinski definition) is 1. The Labute approximate surface area is 491 Å². The van der Waals surface area contributed by atoms with Gasteiger partial charge in [0, 0.05) is 77.2 Å². The Morgan fingerprint density at radius 3 is 1.93 bits per heavy atom. The topological polar surface area (TPSA) is 225 Å². The Morgan fingerprint density at radius 2 is 1.34 bits per heavy atom. The highest BCUT2D eigenvalue weighted by Crippen LogP contribution is 2.35. The third-order valence-corrected chi connectivity index (χ3v) is 16.8. The maximum absolute atomic E-state index is 15.9. The number of anilines is 2. The molecule has 0 spiro atoms. The number of ether oxygens (including phenoxy) is 3. The standard InChI is InChI=1S/C62H81ClFN9O10/c1-62(2,3)83-57(76)17-15-13-11-9-7-5-4-6-8-10-12-14-16-56(75)81-41-72-55(74)27-25-52(61(72)80)73-59(78)47-37-50(64)53(38-48(47)60(73)79)70-34-32-69(33-35-70)40-42-28-30-71(31-29-42)54-26-24-51(67-68-54)58(77)66-44-19-22-45(23-20-44)82-46-21-18-43(39-65)49(63)36-46/h18,21,24,26,36-38,42,44-45,52H,4-17,19-20,22-23,25,27-35,40-41H2,1-3H3,(H,66,77). The first-order chi connectivity index (χ1) is 39.9. The van der Waals surface area contributed by atoms with Crippen molar-refractivity contribution in [3.8, 4) is 11.8 Å². The lowest BCUT2D eigenvalue weighted by atomic mass is 9.93. The molecule has 1 atom stereocenters. The van der Waals surface area contributed by atoms with Crippen molar-refractivity contribution < 1.29 is 52.2 Å². The van der Waals surface area contributed by atoms with E-state index < -0.39 is 53.8 Å². The van der Waals surface area contributed by atoms with E-state index in [2.05, 4.69) is 25.3 Å². The fraction of sp³-hybridized carbons (Fsp3) is 0.613. The lowest BCUT2D eigenvalue weighted by Crippen LogP contribution is -2.56. The molecule has 0 radical (unpaired) electrons. The molecule has 5 aliphatic rings. The molecule has 21 heteroatoms. The lowest BCUT2D eigenvalue weighted by Gasteiger charge is -2.39. The van der Waals surface area contributed by atoms with E-state index >= 15 is 4.39 Å². The summed E-state index contributed by atoms with van der Waals surface area (Å²) in [5, 5.41) is 21.3. The number of hydrogen-bond acceptors (Lipinski definition) is 16. The first kappa shape index (κ1) is 62.3. The van der Waals surface area contributed by atoms with Crippen molar-refractivity contribution in [1.82, 2.24) is 30.2 Å². The maximum Gasteiger partial charge on any atom is 0.307 e. The van der Waals surface area contributed by atoms with Gasteiger partial charge in [0.05, 0.1) is 33.5 Å². The molecule has 448 valence electrons. The van der Waals surface area contributed by atoms with E-state index in [0.29, 0.717) is 61.3 Å². The summed E-state index contributed by atoms with van der Waals surface area (Å²) in [4.78, 5) is 100.0. The first-order valence-corrected chi connectivity index (χ1v) is 30.5. The van der Waals surface area contributed by atoms with Gasteiger partial charge in [-0.1, -0.05) is 75.8 Å². The number of likely N-dealkylation sites (tertiary alicyclic amines) is 1. The molecular weight excluding hydrogens is 1090 g/mol. The van der Waals surface area contributed by atoms with Crippen LogP contribution in [0.15, 0.2) is 42.5 Å². The number of nitriles is 1. The van der Waals surface area contributed by atoms with Gasteiger partial charge in [0.2, 0.25) is 5.91 Å². The van der Waals surface area contributed by atoms with Crippen molar-refractivity contribution in [3.05, 3.63) is 75.7 Å². The third-order valence-electron chi connectivity index (χ3n) is 16.5. The summed E-state index contributed by atoms with van der Waals surface area (Å²) in [6.45, 7) is 9.82. The number of fused-ring (bicyclic) bond motifs is 1. The molecular formula is C62H81ClFN9O10. The van der Waals surface area contributed by atoms with Crippen LogP contribution in [0.4, 0.5) is 15.9 Å². The molecule has 1 aliphatic carbocycles. The van der Waals surface area contributed by atoms with Crippen molar-refractivity contribution in [3.63, 3.8) is 0 Å². The van der Waals surface area contributed by atoms with Crippen LogP contribution < -0.4 is 19.9 Å². The van der Waals surface area contributed by atoms with E-state index in [9.17, 15) is 33.6 Å². The molecule has 0 bridgehead atoms. The molecule has 4 aliphatic heterocycles. The molecule has 1 unspecified atom stereocenters. The Hall–Kier alpha value is -6.72. The number of carbonyl (C=O) groups excluding carboxylic acids is 7. The zero-order valence-corrected chi connectivity index (χ0v) is 49.2. The number of piperazine rings is 1. The molecule has 5 amide bonds. The minimum absolute atomic E-state index is 0.000138. The molecule has 3 aromatic rings. The molecule has 19 nitrogen and oxygen atoms in total. The summed E-state index contributed by atoms with van der Waals surface area (Å²) in [5.74, 6) is -2.74. The largest absolute Gasteiger partial charge is 0.490 e. The van der Waals surface area contributed by atoms with Crippen LogP contribution in [-0.2, 0) is 28.7 Å². The third kappa shape index (κ3) is 17.4. The molecule has 83 heavy (non-hydrogen) atoms. The predicted molar refractivity (Wildman–Crippen MR) is 309 cm³/mol. The van der Waals surface area contributed by atoms with Crippen LogP contribution in [-0.4, -0.2) is 143 Å². The van der Waals surface area contributed by atoms with Crippen molar-refractivity contribution in [1.29, 1.82) is 5.26 Å². The molecule has 8 rings (SSSR count). The second kappa shape index (κ2) is 29.7. The number of nitrogens with zero attached hydrogens (tertiary/aromatic N) is 8. The maximum atomic E-state index is 15.9. The minimum atomic E-state index is -1.31. The Balaban J connectivity index is 0.693. The van der Waals surface area contributed by atoms with Gasteiger partial charge in [0.25, 0.3) is 23.6 Å². The molecule has 5 heterocycles. The summed E-state index contributed by atoms with van der Waals surface area (Å²) < 4.78 is 32.7. The molecule has 1 aromatic heterocycles. The fourth-order valence-electron chi connectivity index (χ4n) is 11.8. The van der Waals surface area contributed by atoms with Gasteiger partial charge in [-0.25, -0.2) is 9.29 Å². The number of halogens is 2. The monoisotopic (exact) mass is 1170 g/mol. The zero-order chi connectivity index (χ0) is 59.0. The lowest BCUT2D eigenvalue weighted by molar-refractivity contribution is -0.164. The van der Waals surface area contributed by atoms with Crippen molar-refractivity contribution >= 4 is 64.6 Å². The number of nitrogens with one attached hydrogen (secondary N) is 1. The average Bonchev–Trinajstić information content (AvgIpc) is 3.46. The van der Waals surface area contributed by atoms with Crippen LogP contribution in [0.1, 0.15) is 199 Å². The van der Waals surface area contributed by atoms with E-state index in [1.165, 1.54) is 18.9 Å². The number of carbonyl (C=O) groups is 7. The van der Waals surface area contributed by atoms with E-state index in [1.807, 2.05) is 37.8 Å². The number of rotatable bonds is 26. The van der Waals surface area contributed by atoms with Gasteiger partial charge >= 0.3 is 11.9 Å². The molecule has 3 saturated heterocycles. The van der Waals surface area contributed by atoms with Crippen molar-refractivity contribution in [2.75, 3.05) is 62.3 Å². The second-order valence-corrected chi connectivity index (χ2v) is 24.2. The second-order valence-electron chi connectivity index (χ2n) is 23.8. The smallest absolute Gasteiger partial charge is 0.307 e. The quantitative estimate of drug-likeness (QED) is 0.0448. The Morgan fingerprint density at radius 1 is 0.723 bits per heavy atom. The van der Waals surface area contributed by atoms with Gasteiger partial charge < -0.3 is 29.3 Å². The molecule has 1 N–H and O–H groups in total. The zero-order valence-electron chi connectivity index (χ0n) is 48.5. The average molecular weight is 1170 g/mol. The predicted octanol–water partition coefficient (Wildman–Crippen LogP) is 9.72. The Kier molecular flexibility index (Phi) is 22.3. The summed E-state index contributed by atoms with van der Waals surface area (Å²) in [6, 6.07) is 11.8. The van der Waals surface area contributed by atoms with Gasteiger partial charge in [0.15, 0.2) is 18.2 Å². The number of unbranched alkanes of at least 4 members (excludes halogenated alkanes) is 11. The van der Waals surface area contributed by atoms with E-state index in [0.717, 1.165) is 138 Å². The van der Waals surface area contributed by atoms with Gasteiger partial charge in [0.1, 0.15) is 29.3 Å². The number of benzene rings is 2. The van der Waals surface area contributed by atoms with Crippen LogP contribution in [0.5, 0.6) is 5.75 Å². The Bertz CT molecular complexity index is 2820. The van der Waals surface area contributed by atoms with Gasteiger partial charge in [-0.05, 0) is 121 Å². The summed E-state index contributed by atoms with van der Waals surface area (Å²) in [5.41, 5.74) is 0.292. The first-order valence-electron chi connectivity index (χ1n) is 30.1. The highest BCUT2D eigenvalue weighted by Gasteiger charge is 2.48. The molecule has 2 aromatic carbocycles. The minimum Gasteiger partial charge on any atom is -0.490 e. The van der Waals surface area contributed by atoms with E-state index in [4.69, 9.17) is 31.1 Å². The van der Waals surface area contributed by atoms with Gasteiger partial charge in [-0.3, -0.25) is 43.4 Å². The molecule has 1 saturated carbocycles. The van der Waals surface area contributed by atoms with Gasteiger partial charge in [-0.15, -0.1) is 10.2 Å². The number of piperidine rings is 2. The van der Waals surface area contributed by atoms with E-state index in [-0.39, 0.29) is 65.8 Å². The number of aromatic nitrogens is 2. The van der Waals surface area contributed by atoms with Crippen LogP contribution in [0.3, 0.4) is 0 Å². The van der Waals surface area contributed by atoms with Crippen LogP contribution in [0.2, 0.25) is 5.02 Å². The number of amides is 5. The van der Waals surface area contributed by atoms with Crippen LogP contribution >= 0.6 is 11.6 Å². The van der Waals surface area contributed by atoms with Crippen LogP contribution in [0, 0.1) is 23.1 Å². The fourth-order valence-corrected chi connectivity index (χ4v) is 12.0. The highest BCUT2D eigenvalue weighted by molar-refractivity contribution is 6.31. The van der Waals surface area contributed by atoms with Crippen molar-refractivity contribution in [2.24, 2.45) is 5.92 Å².